The first-order valence-corrected chi connectivity index (χ1v) is 8.18. The SMILES string of the molecule is C=C=C(C)CC[C@H]1CCCC(C)C1.C=CC(C)=O.CC(C)=O. The zero-order chi connectivity index (χ0) is 17.5. The van der Waals surface area contributed by atoms with Crippen LogP contribution in [0, 0.1) is 11.8 Å². The van der Waals surface area contributed by atoms with E-state index in [-0.39, 0.29) is 11.6 Å². The van der Waals surface area contributed by atoms with Crippen molar-refractivity contribution in [2.45, 2.75) is 73.1 Å². The third kappa shape index (κ3) is 18.6. The van der Waals surface area contributed by atoms with Crippen LogP contribution >= 0.6 is 0 Å². The van der Waals surface area contributed by atoms with Crippen LogP contribution in [0.2, 0.25) is 0 Å². The second kappa shape index (κ2) is 14.5. The molecule has 1 fully saturated rings. The van der Waals surface area contributed by atoms with Gasteiger partial charge in [-0.25, -0.2) is 0 Å². The Bertz CT molecular complexity index is 383. The van der Waals surface area contributed by atoms with Crippen LogP contribution < -0.4 is 0 Å². The van der Waals surface area contributed by atoms with Gasteiger partial charge in [0.1, 0.15) is 5.78 Å². The van der Waals surface area contributed by atoms with Crippen molar-refractivity contribution in [1.82, 2.24) is 0 Å². The zero-order valence-corrected chi connectivity index (χ0v) is 15.2. The van der Waals surface area contributed by atoms with Gasteiger partial charge in [0.2, 0.25) is 0 Å². The van der Waals surface area contributed by atoms with Crippen LogP contribution in [0.4, 0.5) is 0 Å². The van der Waals surface area contributed by atoms with Gasteiger partial charge < -0.3 is 4.79 Å². The largest absolute Gasteiger partial charge is 0.300 e. The Morgan fingerprint density at radius 2 is 1.68 bits per heavy atom. The molecule has 0 aromatic carbocycles. The molecule has 0 aromatic rings. The lowest BCUT2D eigenvalue weighted by atomic mass is 9.80. The van der Waals surface area contributed by atoms with Crippen molar-refractivity contribution in [3.05, 3.63) is 30.5 Å². The maximum Gasteiger partial charge on any atom is 0.152 e. The zero-order valence-electron chi connectivity index (χ0n) is 15.2. The molecule has 1 rings (SSSR count). The van der Waals surface area contributed by atoms with Crippen molar-refractivity contribution in [3.63, 3.8) is 0 Å². The van der Waals surface area contributed by atoms with Gasteiger partial charge in [0.25, 0.3) is 0 Å². The van der Waals surface area contributed by atoms with Gasteiger partial charge >= 0.3 is 0 Å². The molecular weight excluding hydrogens is 272 g/mol. The van der Waals surface area contributed by atoms with E-state index in [0.29, 0.717) is 0 Å². The highest BCUT2D eigenvalue weighted by atomic mass is 16.1. The molecule has 0 N–H and O–H groups in total. The third-order valence-electron chi connectivity index (χ3n) is 3.56. The molecule has 0 saturated heterocycles. The van der Waals surface area contributed by atoms with Crippen LogP contribution in [-0.2, 0) is 9.59 Å². The molecule has 22 heavy (non-hydrogen) atoms. The normalized spacial score (nSPS) is 19.3. The predicted octanol–water partition coefficient (Wildman–Crippen LogP) is 5.68. The first-order valence-electron chi connectivity index (χ1n) is 8.18. The fraction of sp³-hybridized carbons (Fsp3) is 0.650. The van der Waals surface area contributed by atoms with Gasteiger partial charge in [0, 0.05) is 0 Å². The first-order chi connectivity index (χ1) is 10.2. The van der Waals surface area contributed by atoms with Crippen LogP contribution in [0.1, 0.15) is 73.1 Å². The van der Waals surface area contributed by atoms with Crippen molar-refractivity contribution >= 4 is 11.6 Å². The summed E-state index contributed by atoms with van der Waals surface area (Å²) >= 11 is 0. The Morgan fingerprint density at radius 1 is 1.18 bits per heavy atom. The number of allylic oxidation sites excluding steroid dienone is 2. The molecule has 2 nitrogen and oxygen atoms in total. The van der Waals surface area contributed by atoms with Gasteiger partial charge in [0.15, 0.2) is 5.78 Å². The van der Waals surface area contributed by atoms with Gasteiger partial charge in [-0.3, -0.25) is 4.79 Å². The highest BCUT2D eigenvalue weighted by Gasteiger charge is 2.18. The van der Waals surface area contributed by atoms with Crippen molar-refractivity contribution in [2.75, 3.05) is 0 Å². The average Bonchev–Trinajstić information content (AvgIpc) is 2.44. The number of Topliss-reactive ketones (excluding diaryl/α,β-unsaturated/α-hetero) is 1. The summed E-state index contributed by atoms with van der Waals surface area (Å²) in [6.07, 6.45) is 9.65. The number of carbonyl (C=O) groups excluding carboxylic acids is 2. The van der Waals surface area contributed by atoms with Gasteiger partial charge in [-0.1, -0.05) is 39.3 Å². The minimum atomic E-state index is 0.0185. The van der Waals surface area contributed by atoms with E-state index in [2.05, 4.69) is 32.7 Å². The summed E-state index contributed by atoms with van der Waals surface area (Å²) in [5.41, 5.74) is 4.31. The Balaban J connectivity index is 0. The van der Waals surface area contributed by atoms with Gasteiger partial charge in [-0.05, 0) is 70.4 Å². The number of hydrogen-bond acceptors (Lipinski definition) is 2. The minimum absolute atomic E-state index is 0.0185. The van der Waals surface area contributed by atoms with E-state index in [1.165, 1.54) is 70.9 Å². The van der Waals surface area contributed by atoms with Crippen molar-refractivity contribution in [1.29, 1.82) is 0 Å². The van der Waals surface area contributed by atoms with Crippen LogP contribution in [0.25, 0.3) is 0 Å². The Hall–Kier alpha value is -1.40. The first kappa shape index (κ1) is 22.9. The highest BCUT2D eigenvalue weighted by molar-refractivity contribution is 5.86. The molecule has 1 aliphatic carbocycles. The Kier molecular flexibility index (Phi) is 15.1. The van der Waals surface area contributed by atoms with Gasteiger partial charge in [0.05, 0.1) is 0 Å². The maximum atomic E-state index is 9.69. The summed E-state index contributed by atoms with van der Waals surface area (Å²) in [6, 6.07) is 0. The second-order valence-electron chi connectivity index (χ2n) is 6.36. The van der Waals surface area contributed by atoms with E-state index < -0.39 is 0 Å². The highest BCUT2D eigenvalue weighted by Crippen LogP contribution is 2.31. The number of carbonyl (C=O) groups is 2. The van der Waals surface area contributed by atoms with Crippen LogP contribution in [0.15, 0.2) is 30.5 Å². The predicted molar refractivity (Wildman–Crippen MR) is 95.9 cm³/mol. The van der Waals surface area contributed by atoms with Crippen LogP contribution in [0.5, 0.6) is 0 Å². The molecule has 0 heterocycles. The summed E-state index contributed by atoms with van der Waals surface area (Å²) in [7, 11) is 0. The van der Waals surface area contributed by atoms with E-state index in [1.807, 2.05) is 0 Å². The number of hydrogen-bond donors (Lipinski definition) is 0. The monoisotopic (exact) mass is 306 g/mol. The second-order valence-corrected chi connectivity index (χ2v) is 6.36. The molecule has 1 saturated carbocycles. The van der Waals surface area contributed by atoms with E-state index in [1.54, 1.807) is 0 Å². The quantitative estimate of drug-likeness (QED) is 0.494. The molecule has 0 radical (unpaired) electrons. The molecule has 0 spiro atoms. The van der Waals surface area contributed by atoms with Gasteiger partial charge in [-0.2, -0.15) is 0 Å². The summed E-state index contributed by atoms with van der Waals surface area (Å²) in [4.78, 5) is 19.1. The molecule has 126 valence electrons. The lowest BCUT2D eigenvalue weighted by molar-refractivity contribution is -0.115. The Labute approximate surface area is 137 Å². The Morgan fingerprint density at radius 3 is 2.05 bits per heavy atom. The molecule has 2 heteroatoms. The van der Waals surface area contributed by atoms with Crippen LogP contribution in [0.3, 0.4) is 0 Å². The molecule has 1 unspecified atom stereocenters. The summed E-state index contributed by atoms with van der Waals surface area (Å²) in [6.45, 7) is 15.9. The number of ketones is 2. The standard InChI is InChI=1S/C13H22.C4H6O.C3H6O/c1-4-11(2)8-9-13-7-5-6-12(3)10-13;1-3-4(2)5;1-3(2)4/h12-13H,1,5-10H2,2-3H3;3H,1H2,2H3;1-2H3/t12?,13-;;/m1../s1. The van der Waals surface area contributed by atoms with Crippen molar-refractivity contribution in [3.8, 4) is 0 Å². The number of rotatable bonds is 4. The van der Waals surface area contributed by atoms with E-state index in [4.69, 9.17) is 0 Å². The molecular formula is C20H34O2. The molecule has 0 amide bonds. The van der Waals surface area contributed by atoms with Crippen molar-refractivity contribution < 1.29 is 9.59 Å². The summed E-state index contributed by atoms with van der Waals surface area (Å²) < 4.78 is 0. The van der Waals surface area contributed by atoms with Crippen molar-refractivity contribution in [2.24, 2.45) is 11.8 Å². The minimum Gasteiger partial charge on any atom is -0.300 e. The fourth-order valence-electron chi connectivity index (χ4n) is 2.33. The molecule has 0 bridgehead atoms. The van der Waals surface area contributed by atoms with Gasteiger partial charge in [-0.15, -0.1) is 5.73 Å². The third-order valence-corrected chi connectivity index (χ3v) is 3.56. The van der Waals surface area contributed by atoms with Crippen LogP contribution in [-0.4, -0.2) is 11.6 Å². The lowest BCUT2D eigenvalue weighted by Crippen LogP contribution is -2.13. The summed E-state index contributed by atoms with van der Waals surface area (Å²) in [5, 5.41) is 0. The molecule has 0 aliphatic heterocycles. The van der Waals surface area contributed by atoms with E-state index in [9.17, 15) is 9.59 Å². The van der Waals surface area contributed by atoms with E-state index in [0.717, 1.165) is 11.8 Å². The smallest absolute Gasteiger partial charge is 0.152 e. The molecule has 2 atom stereocenters. The fourth-order valence-corrected chi connectivity index (χ4v) is 2.33. The van der Waals surface area contributed by atoms with E-state index >= 15 is 0 Å². The molecule has 1 aliphatic rings. The lowest BCUT2D eigenvalue weighted by Gasteiger charge is -2.26. The molecule has 0 aromatic heterocycles. The summed E-state index contributed by atoms with van der Waals surface area (Å²) in [5.74, 6) is 2.13. The average molecular weight is 306 g/mol. The topological polar surface area (TPSA) is 34.1 Å². The maximum absolute atomic E-state index is 9.69.